The van der Waals surface area contributed by atoms with Crippen molar-refractivity contribution in [3.63, 3.8) is 0 Å². The van der Waals surface area contributed by atoms with E-state index in [1.165, 1.54) is 5.56 Å². The molecule has 0 saturated heterocycles. The van der Waals surface area contributed by atoms with Gasteiger partial charge >= 0.3 is 0 Å². The lowest BCUT2D eigenvalue weighted by atomic mass is 10.1. The molecule has 0 spiro atoms. The van der Waals surface area contributed by atoms with Crippen LogP contribution in [-0.2, 0) is 0 Å². The van der Waals surface area contributed by atoms with Gasteiger partial charge in [0.1, 0.15) is 17.5 Å². The van der Waals surface area contributed by atoms with E-state index in [-0.39, 0.29) is 5.56 Å². The first-order valence-corrected chi connectivity index (χ1v) is 6.79. The summed E-state index contributed by atoms with van der Waals surface area (Å²) in [6.45, 7) is 2.04. The second kappa shape index (κ2) is 4.31. The van der Waals surface area contributed by atoms with E-state index in [9.17, 15) is 4.79 Å². The third-order valence-electron chi connectivity index (χ3n) is 3.72. The van der Waals surface area contributed by atoms with Crippen molar-refractivity contribution in [3.8, 4) is 11.3 Å². The first-order chi connectivity index (χ1) is 10.2. The van der Waals surface area contributed by atoms with E-state index in [4.69, 9.17) is 0 Å². The van der Waals surface area contributed by atoms with Gasteiger partial charge in [-0.1, -0.05) is 42.0 Å². The van der Waals surface area contributed by atoms with Crippen LogP contribution in [0.1, 0.15) is 5.56 Å². The summed E-state index contributed by atoms with van der Waals surface area (Å²) in [6.07, 6.45) is 1.71. The van der Waals surface area contributed by atoms with Gasteiger partial charge in [0, 0.05) is 5.56 Å². The van der Waals surface area contributed by atoms with Gasteiger partial charge in [-0.15, -0.1) is 0 Å². The Labute approximate surface area is 120 Å². The van der Waals surface area contributed by atoms with E-state index in [0.717, 1.165) is 16.6 Å². The maximum absolute atomic E-state index is 12.4. The van der Waals surface area contributed by atoms with E-state index < -0.39 is 0 Å². The van der Waals surface area contributed by atoms with Crippen LogP contribution in [0.4, 0.5) is 0 Å². The molecule has 4 rings (SSSR count). The quantitative estimate of drug-likeness (QED) is 0.580. The van der Waals surface area contributed by atoms with Crippen LogP contribution in [0.25, 0.3) is 27.8 Å². The van der Waals surface area contributed by atoms with Crippen LogP contribution in [0.3, 0.4) is 0 Å². The Morgan fingerprint density at radius 3 is 2.62 bits per heavy atom. The minimum absolute atomic E-state index is 0.123. The number of nitrogens with zero attached hydrogens (tertiary/aromatic N) is 2. The molecule has 2 heterocycles. The minimum Gasteiger partial charge on any atom is -0.319 e. The van der Waals surface area contributed by atoms with Crippen LogP contribution in [0, 0.1) is 6.92 Å². The SMILES string of the molecule is Cc1ccc(-c2ncn3c2c(=O)[nH]c2ccccc23)cc1. The zero-order valence-electron chi connectivity index (χ0n) is 11.5. The molecule has 21 heavy (non-hydrogen) atoms. The number of H-pyrrole nitrogens is 1. The average molecular weight is 275 g/mol. The number of para-hydroxylation sites is 2. The largest absolute Gasteiger partial charge is 0.319 e. The highest BCUT2D eigenvalue weighted by Gasteiger charge is 2.12. The molecule has 0 atom stereocenters. The highest BCUT2D eigenvalue weighted by Crippen LogP contribution is 2.23. The van der Waals surface area contributed by atoms with Crippen molar-refractivity contribution in [1.82, 2.24) is 14.4 Å². The van der Waals surface area contributed by atoms with E-state index >= 15 is 0 Å². The highest BCUT2D eigenvalue weighted by molar-refractivity contribution is 5.84. The zero-order valence-corrected chi connectivity index (χ0v) is 11.5. The molecular weight excluding hydrogens is 262 g/mol. The number of nitrogens with one attached hydrogen (secondary N) is 1. The molecule has 0 aliphatic rings. The number of benzene rings is 2. The lowest BCUT2D eigenvalue weighted by molar-refractivity contribution is 1.16. The third kappa shape index (κ3) is 1.76. The van der Waals surface area contributed by atoms with Gasteiger partial charge in [0.2, 0.25) is 0 Å². The van der Waals surface area contributed by atoms with Crippen molar-refractivity contribution in [1.29, 1.82) is 0 Å². The second-order valence-corrected chi connectivity index (χ2v) is 5.15. The van der Waals surface area contributed by atoms with Crippen LogP contribution in [-0.4, -0.2) is 14.4 Å². The Balaban J connectivity index is 2.11. The van der Waals surface area contributed by atoms with Crippen molar-refractivity contribution < 1.29 is 0 Å². The molecule has 0 saturated carbocycles. The second-order valence-electron chi connectivity index (χ2n) is 5.15. The molecule has 0 unspecified atom stereocenters. The van der Waals surface area contributed by atoms with Crippen molar-refractivity contribution >= 4 is 16.6 Å². The van der Waals surface area contributed by atoms with Crippen LogP contribution in [0.15, 0.2) is 59.7 Å². The van der Waals surface area contributed by atoms with Gasteiger partial charge in [-0.2, -0.15) is 0 Å². The number of aryl methyl sites for hydroxylation is 1. The van der Waals surface area contributed by atoms with Crippen LogP contribution < -0.4 is 5.56 Å². The summed E-state index contributed by atoms with van der Waals surface area (Å²) in [7, 11) is 0. The molecule has 2 aromatic carbocycles. The van der Waals surface area contributed by atoms with Crippen molar-refractivity contribution in [2.45, 2.75) is 6.92 Å². The molecule has 102 valence electrons. The summed E-state index contributed by atoms with van der Waals surface area (Å²) >= 11 is 0. The number of rotatable bonds is 1. The highest BCUT2D eigenvalue weighted by atomic mass is 16.1. The van der Waals surface area contributed by atoms with Crippen molar-refractivity contribution in [2.75, 3.05) is 0 Å². The number of imidazole rings is 1. The number of hydrogen-bond donors (Lipinski definition) is 1. The molecule has 4 heteroatoms. The Morgan fingerprint density at radius 1 is 1.05 bits per heavy atom. The van der Waals surface area contributed by atoms with Gasteiger partial charge in [0.25, 0.3) is 5.56 Å². The fourth-order valence-electron chi connectivity index (χ4n) is 2.64. The lowest BCUT2D eigenvalue weighted by Crippen LogP contribution is -2.10. The Bertz CT molecular complexity index is 1010. The van der Waals surface area contributed by atoms with E-state index in [2.05, 4.69) is 9.97 Å². The van der Waals surface area contributed by atoms with Gasteiger partial charge in [-0.05, 0) is 19.1 Å². The lowest BCUT2D eigenvalue weighted by Gasteiger charge is -2.03. The molecular formula is C17H13N3O. The fourth-order valence-corrected chi connectivity index (χ4v) is 2.64. The first kappa shape index (κ1) is 11.9. The summed E-state index contributed by atoms with van der Waals surface area (Å²) in [4.78, 5) is 19.8. The molecule has 0 radical (unpaired) electrons. The van der Waals surface area contributed by atoms with Gasteiger partial charge in [-0.25, -0.2) is 4.98 Å². The maximum Gasteiger partial charge on any atom is 0.275 e. The fraction of sp³-hybridized carbons (Fsp3) is 0.0588. The monoisotopic (exact) mass is 275 g/mol. The van der Waals surface area contributed by atoms with Gasteiger partial charge < -0.3 is 4.98 Å². The normalized spacial score (nSPS) is 11.3. The number of fused-ring (bicyclic) bond motifs is 3. The number of aromatic amines is 1. The first-order valence-electron chi connectivity index (χ1n) is 6.79. The number of aromatic nitrogens is 3. The third-order valence-corrected chi connectivity index (χ3v) is 3.72. The Hall–Kier alpha value is -2.88. The summed E-state index contributed by atoms with van der Waals surface area (Å²) in [5, 5.41) is 0. The molecule has 0 bridgehead atoms. The molecule has 0 fully saturated rings. The summed E-state index contributed by atoms with van der Waals surface area (Å²) < 4.78 is 1.85. The molecule has 0 aliphatic heterocycles. The Kier molecular flexibility index (Phi) is 2.44. The average Bonchev–Trinajstić information content (AvgIpc) is 2.94. The van der Waals surface area contributed by atoms with Gasteiger partial charge in [-0.3, -0.25) is 9.20 Å². The zero-order chi connectivity index (χ0) is 14.4. The van der Waals surface area contributed by atoms with Gasteiger partial charge in [0.15, 0.2) is 0 Å². The molecule has 4 nitrogen and oxygen atoms in total. The number of hydrogen-bond acceptors (Lipinski definition) is 2. The van der Waals surface area contributed by atoms with Crippen LogP contribution >= 0.6 is 0 Å². The predicted octanol–water partition coefficient (Wildman–Crippen LogP) is 3.15. The topological polar surface area (TPSA) is 50.2 Å². The van der Waals surface area contributed by atoms with Gasteiger partial charge in [0.05, 0.1) is 11.0 Å². The smallest absolute Gasteiger partial charge is 0.275 e. The van der Waals surface area contributed by atoms with Crippen LogP contribution in [0.2, 0.25) is 0 Å². The van der Waals surface area contributed by atoms with Crippen molar-refractivity contribution in [2.24, 2.45) is 0 Å². The molecule has 2 aromatic heterocycles. The van der Waals surface area contributed by atoms with Crippen LogP contribution in [0.5, 0.6) is 0 Å². The Morgan fingerprint density at radius 2 is 1.81 bits per heavy atom. The standard InChI is InChI=1S/C17H13N3O/c1-11-6-8-12(9-7-11)15-16-17(21)19-13-4-2-3-5-14(13)20(16)10-18-15/h2-10H,1H3,(H,19,21). The maximum atomic E-state index is 12.4. The van der Waals surface area contributed by atoms with Crippen molar-refractivity contribution in [3.05, 3.63) is 70.8 Å². The minimum atomic E-state index is -0.123. The van der Waals surface area contributed by atoms with E-state index in [1.54, 1.807) is 6.33 Å². The van der Waals surface area contributed by atoms with E-state index in [1.807, 2.05) is 59.9 Å². The molecule has 4 aromatic rings. The molecule has 0 amide bonds. The summed E-state index contributed by atoms with van der Waals surface area (Å²) in [5.74, 6) is 0. The summed E-state index contributed by atoms with van der Waals surface area (Å²) in [5.41, 5.74) is 5.05. The molecule has 0 aliphatic carbocycles. The molecule has 1 N–H and O–H groups in total. The predicted molar refractivity (Wildman–Crippen MR) is 83.5 cm³/mol. The van der Waals surface area contributed by atoms with E-state index in [0.29, 0.717) is 11.2 Å². The summed E-state index contributed by atoms with van der Waals surface area (Å²) in [6, 6.07) is 15.7.